The fraction of sp³-hybridized carbons (Fsp3) is 0.667. The summed E-state index contributed by atoms with van der Waals surface area (Å²) in [6.45, 7) is 5.61. The smallest absolute Gasteiger partial charge is 0.401 e. The zero-order chi connectivity index (χ0) is 7.40. The average molecular weight is 151 g/mol. The molecule has 5 heteroatoms. The Kier molecular flexibility index (Phi) is 5.43. The van der Waals surface area contributed by atoms with Crippen molar-refractivity contribution < 1.29 is 33.2 Å². The molecule has 0 radical (unpaired) electrons. The third kappa shape index (κ3) is 4.33. The van der Waals surface area contributed by atoms with Gasteiger partial charge in [-0.2, -0.15) is 0 Å². The number of ether oxygens (including phenoxy) is 1. The van der Waals surface area contributed by atoms with Crippen molar-refractivity contribution in [1.82, 2.24) is 5.06 Å². The van der Waals surface area contributed by atoms with Crippen LogP contribution >= 0.6 is 0 Å². The van der Waals surface area contributed by atoms with Crippen LogP contribution in [0.1, 0.15) is 0 Å². The number of hydrogen-bond acceptors (Lipinski definition) is 4. The number of carbonyl (C=O) groups excluding carboxylic acids is 1. The summed E-state index contributed by atoms with van der Waals surface area (Å²) in [5, 5.41) is 1.55. The van der Waals surface area contributed by atoms with E-state index in [9.17, 15) is 4.79 Å². The molecule has 1 aliphatic heterocycles. The van der Waals surface area contributed by atoms with Crippen LogP contribution in [-0.4, -0.2) is 37.3 Å². The normalized spacial score (nSPS) is 18.5. The first-order valence-corrected chi connectivity index (χ1v) is 3.15. The maximum atomic E-state index is 10.3. The van der Waals surface area contributed by atoms with Crippen molar-refractivity contribution in [3.05, 3.63) is 6.92 Å². The molecule has 0 bridgehead atoms. The van der Waals surface area contributed by atoms with E-state index >= 15 is 0 Å². The van der Waals surface area contributed by atoms with Crippen LogP contribution in [0.5, 0.6) is 0 Å². The molecule has 1 rings (SSSR count). The number of hydrogen-bond donors (Lipinski definition) is 0. The van der Waals surface area contributed by atoms with Crippen LogP contribution in [0.2, 0.25) is 0 Å². The van der Waals surface area contributed by atoms with Crippen molar-refractivity contribution >= 4 is 5.97 Å². The second kappa shape index (κ2) is 5.50. The first kappa shape index (κ1) is 10.9. The summed E-state index contributed by atoms with van der Waals surface area (Å²) >= 11 is 0. The fourth-order valence-electron chi connectivity index (χ4n) is 0.782. The van der Waals surface area contributed by atoms with Crippen molar-refractivity contribution in [2.24, 2.45) is 0 Å². The van der Waals surface area contributed by atoms with Gasteiger partial charge in [-0.15, -0.1) is 5.06 Å². The van der Waals surface area contributed by atoms with Gasteiger partial charge in [-0.1, -0.05) is 0 Å². The van der Waals surface area contributed by atoms with E-state index in [1.807, 2.05) is 0 Å². The second-order valence-corrected chi connectivity index (χ2v) is 2.00. The summed E-state index contributed by atoms with van der Waals surface area (Å²) < 4.78 is 5.03. The van der Waals surface area contributed by atoms with Gasteiger partial charge in [0.2, 0.25) is 0 Å². The zero-order valence-corrected chi connectivity index (χ0v) is 6.71. The quantitative estimate of drug-likeness (QED) is 0.289. The average Bonchev–Trinajstić information content (AvgIpc) is 1.88. The Morgan fingerprint density at radius 3 is 2.45 bits per heavy atom. The minimum atomic E-state index is -0.512. The summed E-state index contributed by atoms with van der Waals surface area (Å²) in [5.74, 6) is -0.512. The fourth-order valence-corrected chi connectivity index (χ4v) is 0.782. The van der Waals surface area contributed by atoms with E-state index in [1.165, 1.54) is 0 Å². The van der Waals surface area contributed by atoms with Crippen molar-refractivity contribution in [1.29, 1.82) is 0 Å². The van der Waals surface area contributed by atoms with Crippen molar-refractivity contribution in [3.63, 3.8) is 0 Å². The zero-order valence-electron chi connectivity index (χ0n) is 6.71. The molecular formula is C6H10LiNO3. The number of hydroxylamine groups is 2. The molecule has 0 aromatic heterocycles. The third-order valence-corrected chi connectivity index (χ3v) is 1.20. The largest absolute Gasteiger partial charge is 1.00 e. The van der Waals surface area contributed by atoms with Crippen molar-refractivity contribution in [3.8, 4) is 0 Å². The molecule has 58 valence electrons. The van der Waals surface area contributed by atoms with Gasteiger partial charge in [0, 0.05) is 0 Å². The van der Waals surface area contributed by atoms with Gasteiger partial charge < -0.3 is 9.57 Å². The third-order valence-electron chi connectivity index (χ3n) is 1.20. The van der Waals surface area contributed by atoms with E-state index in [0.29, 0.717) is 26.3 Å². The first-order valence-electron chi connectivity index (χ1n) is 3.15. The van der Waals surface area contributed by atoms with Crippen LogP contribution in [0, 0.1) is 6.92 Å². The minimum absolute atomic E-state index is 0. The molecule has 0 spiro atoms. The van der Waals surface area contributed by atoms with E-state index in [-0.39, 0.29) is 18.9 Å². The SMILES string of the molecule is [CH2-]C(=O)ON1CCOCC1.[Li+]. The van der Waals surface area contributed by atoms with E-state index < -0.39 is 5.97 Å². The van der Waals surface area contributed by atoms with Gasteiger partial charge in [0.1, 0.15) is 0 Å². The Morgan fingerprint density at radius 2 is 2.00 bits per heavy atom. The minimum Gasteiger partial charge on any atom is -0.401 e. The van der Waals surface area contributed by atoms with Gasteiger partial charge in [-0.25, -0.2) is 0 Å². The predicted octanol–water partition coefficient (Wildman–Crippen LogP) is -3.39. The molecule has 0 atom stereocenters. The number of carbonyl (C=O) groups is 1. The maximum absolute atomic E-state index is 10.3. The van der Waals surface area contributed by atoms with Gasteiger partial charge >= 0.3 is 18.9 Å². The molecule has 1 aliphatic rings. The Bertz CT molecular complexity index is 125. The Morgan fingerprint density at radius 1 is 1.45 bits per heavy atom. The van der Waals surface area contributed by atoms with Gasteiger partial charge in [-0.05, 0) is 0 Å². The summed E-state index contributed by atoms with van der Waals surface area (Å²) in [7, 11) is 0. The van der Waals surface area contributed by atoms with Crippen LogP contribution in [-0.2, 0) is 14.4 Å². The Labute approximate surface area is 78.0 Å². The van der Waals surface area contributed by atoms with E-state index in [1.54, 1.807) is 5.06 Å². The predicted molar refractivity (Wildman–Crippen MR) is 33.8 cm³/mol. The molecule has 1 saturated heterocycles. The Hall–Kier alpha value is -0.143. The molecule has 11 heavy (non-hydrogen) atoms. The molecular weight excluding hydrogens is 141 g/mol. The van der Waals surface area contributed by atoms with E-state index in [0.717, 1.165) is 0 Å². The molecule has 0 unspecified atom stereocenters. The molecule has 0 aromatic carbocycles. The maximum Gasteiger partial charge on any atom is 1.00 e. The van der Waals surface area contributed by atoms with Gasteiger partial charge in [-0.3, -0.25) is 11.7 Å². The van der Waals surface area contributed by atoms with Crippen LogP contribution in [0.25, 0.3) is 0 Å². The topological polar surface area (TPSA) is 38.8 Å². The number of rotatable bonds is 1. The summed E-state index contributed by atoms with van der Waals surface area (Å²) in [4.78, 5) is 15.0. The molecule has 1 heterocycles. The van der Waals surface area contributed by atoms with Crippen LogP contribution < -0.4 is 18.9 Å². The summed E-state index contributed by atoms with van der Waals surface area (Å²) in [5.41, 5.74) is 0. The number of nitrogens with zero attached hydrogens (tertiary/aromatic N) is 1. The van der Waals surface area contributed by atoms with Crippen LogP contribution in [0.3, 0.4) is 0 Å². The van der Waals surface area contributed by atoms with Gasteiger partial charge in [0.15, 0.2) is 5.97 Å². The molecule has 0 amide bonds. The monoisotopic (exact) mass is 151 g/mol. The molecule has 0 N–H and O–H groups in total. The van der Waals surface area contributed by atoms with Crippen molar-refractivity contribution in [2.45, 2.75) is 0 Å². The van der Waals surface area contributed by atoms with Gasteiger partial charge in [0.05, 0.1) is 26.3 Å². The summed E-state index contributed by atoms with van der Waals surface area (Å²) in [6.07, 6.45) is 0. The van der Waals surface area contributed by atoms with E-state index in [4.69, 9.17) is 9.57 Å². The summed E-state index contributed by atoms with van der Waals surface area (Å²) in [6, 6.07) is 0. The second-order valence-electron chi connectivity index (χ2n) is 2.00. The van der Waals surface area contributed by atoms with Crippen LogP contribution in [0.4, 0.5) is 0 Å². The van der Waals surface area contributed by atoms with E-state index in [2.05, 4.69) is 6.92 Å². The molecule has 0 aromatic rings. The molecule has 4 nitrogen and oxygen atoms in total. The molecule has 0 aliphatic carbocycles. The van der Waals surface area contributed by atoms with Crippen molar-refractivity contribution in [2.75, 3.05) is 26.3 Å². The van der Waals surface area contributed by atoms with Crippen LogP contribution in [0.15, 0.2) is 0 Å². The molecule has 1 fully saturated rings. The number of morpholine rings is 1. The standard InChI is InChI=1S/C6H10NO3.Li/c1-6(8)10-7-2-4-9-5-3-7;/h1-5H2;/q-1;+1. The first-order chi connectivity index (χ1) is 4.79. The molecule has 0 saturated carbocycles. The Balaban J connectivity index is 0.000001000. The van der Waals surface area contributed by atoms with Gasteiger partial charge in [0.25, 0.3) is 0 Å².